The Bertz CT molecular complexity index is 1740. The minimum absolute atomic E-state index is 0.0837. The topological polar surface area (TPSA) is 96.0 Å². The normalized spacial score (nSPS) is 12.5. The van der Waals surface area contributed by atoms with Gasteiger partial charge in [-0.15, -0.1) is 0 Å². The fourth-order valence-corrected chi connectivity index (χ4v) is 6.48. The van der Waals surface area contributed by atoms with Crippen molar-refractivity contribution in [3.63, 3.8) is 0 Å². The van der Waals surface area contributed by atoms with E-state index in [0.29, 0.717) is 23.8 Å². The minimum Gasteiger partial charge on any atom is -0.494 e. The highest BCUT2D eigenvalue weighted by Crippen LogP contribution is 2.28. The Kier molecular flexibility index (Phi) is 12.4. The number of nitrogens with one attached hydrogen (secondary N) is 1. The fraction of sp³-hybridized carbons (Fsp3) is 0.278. The second-order valence-corrected chi connectivity index (χ2v) is 13.3. The number of nitrogens with zero attached hydrogens (tertiary/aromatic N) is 2. The summed E-state index contributed by atoms with van der Waals surface area (Å²) < 4.78 is 49.9. The van der Waals surface area contributed by atoms with Crippen LogP contribution < -0.4 is 14.4 Å². The maximum Gasteiger partial charge on any atom is 0.264 e. The molecule has 0 heterocycles. The van der Waals surface area contributed by atoms with E-state index in [1.54, 1.807) is 30.3 Å². The summed E-state index contributed by atoms with van der Waals surface area (Å²) in [7, 11) is -4.32. The first kappa shape index (κ1) is 35.4. The van der Waals surface area contributed by atoms with Crippen LogP contribution in [0.1, 0.15) is 38.3 Å². The van der Waals surface area contributed by atoms with Gasteiger partial charge in [0.1, 0.15) is 24.2 Å². The van der Waals surface area contributed by atoms with Gasteiger partial charge in [-0.3, -0.25) is 13.9 Å². The van der Waals surface area contributed by atoms with Gasteiger partial charge < -0.3 is 15.0 Å². The Morgan fingerprint density at radius 1 is 0.894 bits per heavy atom. The molecule has 2 atom stereocenters. The highest BCUT2D eigenvalue weighted by Gasteiger charge is 2.35. The smallest absolute Gasteiger partial charge is 0.264 e. The molecule has 8 nitrogen and oxygen atoms in total. The van der Waals surface area contributed by atoms with Gasteiger partial charge in [-0.05, 0) is 80.4 Å². The molecular weight excluding hydrogens is 641 g/mol. The number of benzene rings is 4. The van der Waals surface area contributed by atoms with Crippen LogP contribution in [0.5, 0.6) is 5.75 Å². The SMILES string of the molecule is CCOc1ccc(N(CC(=O)N(Cc2ccccc2F)[C@@H](Cc2ccccc2)C(=O)N[C@H](C)CC)S(=O)(=O)c2ccc(Cl)cc2)cc1. The van der Waals surface area contributed by atoms with E-state index in [1.165, 1.54) is 47.4 Å². The second kappa shape index (κ2) is 16.4. The van der Waals surface area contributed by atoms with Crippen molar-refractivity contribution < 1.29 is 27.1 Å². The first-order valence-electron chi connectivity index (χ1n) is 15.4. The third kappa shape index (κ3) is 9.33. The van der Waals surface area contributed by atoms with Crippen molar-refractivity contribution in [3.05, 3.63) is 125 Å². The fourth-order valence-electron chi connectivity index (χ4n) is 4.94. The van der Waals surface area contributed by atoms with Crippen LogP contribution in [-0.4, -0.2) is 50.4 Å². The third-order valence-electron chi connectivity index (χ3n) is 7.69. The quantitative estimate of drug-likeness (QED) is 0.152. The number of carbonyl (C=O) groups is 2. The predicted molar refractivity (Wildman–Crippen MR) is 182 cm³/mol. The molecule has 0 unspecified atom stereocenters. The maximum absolute atomic E-state index is 15.1. The van der Waals surface area contributed by atoms with Crippen LogP contribution in [0.4, 0.5) is 10.1 Å². The van der Waals surface area contributed by atoms with Gasteiger partial charge in [0.15, 0.2) is 0 Å². The lowest BCUT2D eigenvalue weighted by atomic mass is 10.0. The molecule has 4 rings (SSSR count). The monoisotopic (exact) mass is 679 g/mol. The van der Waals surface area contributed by atoms with Crippen LogP contribution in [0.3, 0.4) is 0 Å². The van der Waals surface area contributed by atoms with Crippen LogP contribution >= 0.6 is 11.6 Å². The molecule has 11 heteroatoms. The minimum atomic E-state index is -4.32. The molecule has 248 valence electrons. The van der Waals surface area contributed by atoms with Gasteiger partial charge in [0.2, 0.25) is 11.8 Å². The summed E-state index contributed by atoms with van der Waals surface area (Å²) in [5.41, 5.74) is 1.16. The Labute approximate surface area is 281 Å². The lowest BCUT2D eigenvalue weighted by Gasteiger charge is -2.34. The molecule has 0 spiro atoms. The number of anilines is 1. The summed E-state index contributed by atoms with van der Waals surface area (Å²) in [5.74, 6) is -1.15. The van der Waals surface area contributed by atoms with Crippen molar-refractivity contribution >= 4 is 39.1 Å². The number of halogens is 2. The van der Waals surface area contributed by atoms with Crippen LogP contribution in [0.25, 0.3) is 0 Å². The van der Waals surface area contributed by atoms with Crippen molar-refractivity contribution in [1.82, 2.24) is 10.2 Å². The number of hydrogen-bond acceptors (Lipinski definition) is 5. The van der Waals surface area contributed by atoms with Gasteiger partial charge in [-0.2, -0.15) is 0 Å². The van der Waals surface area contributed by atoms with Crippen LogP contribution in [0.2, 0.25) is 5.02 Å². The molecular formula is C36H39ClFN3O5S. The first-order valence-corrected chi connectivity index (χ1v) is 17.2. The molecule has 0 fully saturated rings. The van der Waals surface area contributed by atoms with Gasteiger partial charge in [0.25, 0.3) is 10.0 Å². The highest BCUT2D eigenvalue weighted by atomic mass is 35.5. The lowest BCUT2D eigenvalue weighted by molar-refractivity contribution is -0.140. The molecule has 0 bridgehead atoms. The van der Waals surface area contributed by atoms with Crippen LogP contribution in [0, 0.1) is 5.82 Å². The van der Waals surface area contributed by atoms with E-state index < -0.39 is 40.2 Å². The number of ether oxygens (including phenoxy) is 1. The molecule has 0 radical (unpaired) electrons. The van der Waals surface area contributed by atoms with Gasteiger partial charge in [-0.25, -0.2) is 12.8 Å². The second-order valence-electron chi connectivity index (χ2n) is 11.0. The number of amides is 2. The van der Waals surface area contributed by atoms with Gasteiger partial charge in [-0.1, -0.05) is 67.1 Å². The van der Waals surface area contributed by atoms with Crippen molar-refractivity contribution in [2.75, 3.05) is 17.5 Å². The molecule has 0 saturated carbocycles. The van der Waals surface area contributed by atoms with E-state index in [4.69, 9.17) is 16.3 Å². The molecule has 0 aliphatic rings. The standard InChI is InChI=1S/C36H39ClFN3O5S/c1-4-26(3)39-36(43)34(23-27-11-7-6-8-12-27)40(24-28-13-9-10-14-33(28)38)35(42)25-41(30-17-19-31(20-18-30)46-5-2)47(44,45)32-21-15-29(37)16-22-32/h6-22,26,34H,4-5,23-25H2,1-3H3,(H,39,43)/t26-,34+/m1/s1. The third-order valence-corrected chi connectivity index (χ3v) is 9.73. The van der Waals surface area contributed by atoms with Crippen molar-refractivity contribution in [2.24, 2.45) is 0 Å². The Morgan fingerprint density at radius 2 is 1.53 bits per heavy atom. The van der Waals surface area contributed by atoms with Crippen molar-refractivity contribution in [3.8, 4) is 5.75 Å². The number of carbonyl (C=O) groups excluding carboxylic acids is 2. The highest BCUT2D eigenvalue weighted by molar-refractivity contribution is 7.92. The zero-order valence-electron chi connectivity index (χ0n) is 26.6. The molecule has 0 saturated heterocycles. The van der Waals surface area contributed by atoms with Crippen molar-refractivity contribution in [1.29, 1.82) is 0 Å². The average Bonchev–Trinajstić information content (AvgIpc) is 3.07. The molecule has 4 aromatic rings. The van der Waals surface area contributed by atoms with Gasteiger partial charge >= 0.3 is 0 Å². The van der Waals surface area contributed by atoms with Crippen LogP contribution in [-0.2, 0) is 32.6 Å². The summed E-state index contributed by atoms with van der Waals surface area (Å²) >= 11 is 6.05. The van der Waals surface area contributed by atoms with Gasteiger partial charge in [0, 0.05) is 29.6 Å². The maximum atomic E-state index is 15.1. The van der Waals surface area contributed by atoms with Crippen molar-refractivity contribution in [2.45, 2.75) is 57.1 Å². The molecule has 47 heavy (non-hydrogen) atoms. The summed E-state index contributed by atoms with van der Waals surface area (Å²) in [4.78, 5) is 29.6. The van der Waals surface area contributed by atoms with E-state index in [0.717, 1.165) is 9.87 Å². The van der Waals surface area contributed by atoms with E-state index in [-0.39, 0.29) is 35.2 Å². The summed E-state index contributed by atoms with van der Waals surface area (Å²) in [6.07, 6.45) is 0.770. The van der Waals surface area contributed by atoms with E-state index in [9.17, 15) is 18.0 Å². The van der Waals surface area contributed by atoms with Crippen LogP contribution in [0.15, 0.2) is 108 Å². The zero-order chi connectivity index (χ0) is 34.0. The van der Waals surface area contributed by atoms with E-state index >= 15 is 4.39 Å². The Hall–Kier alpha value is -4.41. The summed E-state index contributed by atoms with van der Waals surface area (Å²) in [6, 6.07) is 25.8. The van der Waals surface area contributed by atoms with Gasteiger partial charge in [0.05, 0.1) is 17.2 Å². The molecule has 2 amide bonds. The van der Waals surface area contributed by atoms with E-state index in [2.05, 4.69) is 5.32 Å². The molecule has 0 aliphatic heterocycles. The molecule has 0 aliphatic carbocycles. The predicted octanol–water partition coefficient (Wildman–Crippen LogP) is 6.63. The Balaban J connectivity index is 1.81. The average molecular weight is 680 g/mol. The number of rotatable bonds is 15. The first-order chi connectivity index (χ1) is 22.5. The summed E-state index contributed by atoms with van der Waals surface area (Å²) in [5, 5.41) is 3.31. The van der Waals surface area contributed by atoms with E-state index in [1.807, 2.05) is 51.1 Å². The largest absolute Gasteiger partial charge is 0.494 e. The Morgan fingerprint density at radius 3 is 2.15 bits per heavy atom. The number of hydrogen-bond donors (Lipinski definition) is 1. The molecule has 0 aromatic heterocycles. The molecule has 4 aromatic carbocycles. The molecule has 1 N–H and O–H groups in total. The zero-order valence-corrected chi connectivity index (χ0v) is 28.2. The summed E-state index contributed by atoms with van der Waals surface area (Å²) in [6.45, 7) is 5.08. The number of sulfonamides is 1. The lowest BCUT2D eigenvalue weighted by Crippen LogP contribution is -2.54.